The van der Waals surface area contributed by atoms with Gasteiger partial charge in [-0.3, -0.25) is 0 Å². The van der Waals surface area contributed by atoms with E-state index in [4.69, 9.17) is 0 Å². The molecule has 0 amide bonds. The molecule has 6 nitrogen and oxygen atoms in total. The third kappa shape index (κ3) is 12.1. The Bertz CT molecular complexity index is 1030. The minimum atomic E-state index is -1.11. The Labute approximate surface area is 279 Å². The van der Waals surface area contributed by atoms with Crippen LogP contribution in [0.5, 0.6) is 0 Å². The van der Waals surface area contributed by atoms with Crippen molar-refractivity contribution in [2.45, 2.75) is 41.5 Å². The number of carbonyl (C=O) groups is 3. The summed E-state index contributed by atoms with van der Waals surface area (Å²) in [6.07, 6.45) is 0. The molecule has 0 fully saturated rings. The Hall–Kier alpha value is -0.930. The second-order valence-electron chi connectivity index (χ2n) is 7.60. The van der Waals surface area contributed by atoms with Gasteiger partial charge in [0.25, 0.3) is 0 Å². The fourth-order valence-corrected chi connectivity index (χ4v) is 2.92. The van der Waals surface area contributed by atoms with E-state index in [1.165, 1.54) is 0 Å². The predicted molar refractivity (Wildman–Crippen MR) is 121 cm³/mol. The zero-order valence-electron chi connectivity index (χ0n) is 22.6. The van der Waals surface area contributed by atoms with Crippen molar-refractivity contribution in [1.29, 1.82) is 0 Å². The maximum Gasteiger partial charge on any atom is 1.00 e. The molecular formula is C27H27Na3O6. The molecule has 0 atom stereocenters. The molecule has 0 radical (unpaired) electrons. The third-order valence-electron chi connectivity index (χ3n) is 5.47. The maximum absolute atomic E-state index is 10.5. The SMILES string of the molecule is Cc1cccc(C(=O)[O-])c1C.Cc1cccc(C(=O)[O-])c1C.Cc1cccc(C(=O)[O-])c1C.[Na+].[Na+].[Na+]. The van der Waals surface area contributed by atoms with Crippen LogP contribution in [-0.4, -0.2) is 17.9 Å². The van der Waals surface area contributed by atoms with Crippen LogP contribution in [0.15, 0.2) is 54.6 Å². The minimum absolute atomic E-state index is 0. The van der Waals surface area contributed by atoms with E-state index >= 15 is 0 Å². The minimum Gasteiger partial charge on any atom is -0.545 e. The van der Waals surface area contributed by atoms with E-state index in [-0.39, 0.29) is 105 Å². The quantitative estimate of drug-likeness (QED) is 0.319. The number of carbonyl (C=O) groups excluding carboxylic acids is 3. The number of benzene rings is 3. The summed E-state index contributed by atoms with van der Waals surface area (Å²) in [5.74, 6) is -3.32. The van der Waals surface area contributed by atoms with Gasteiger partial charge in [-0.25, -0.2) is 0 Å². The van der Waals surface area contributed by atoms with Crippen molar-refractivity contribution in [1.82, 2.24) is 0 Å². The van der Waals surface area contributed by atoms with E-state index in [2.05, 4.69) is 0 Å². The molecule has 36 heavy (non-hydrogen) atoms. The average Bonchev–Trinajstić information content (AvgIpc) is 2.74. The zero-order chi connectivity index (χ0) is 25.3. The number of hydrogen-bond donors (Lipinski definition) is 0. The topological polar surface area (TPSA) is 120 Å². The second kappa shape index (κ2) is 19.2. The Balaban J connectivity index is -0.000000436. The first-order chi connectivity index (χ1) is 15.4. The van der Waals surface area contributed by atoms with E-state index in [0.717, 1.165) is 33.4 Å². The molecular weight excluding hydrogens is 489 g/mol. The smallest absolute Gasteiger partial charge is 0.545 e. The standard InChI is InChI=1S/3C9H10O2.3Na/c3*1-6-4-3-5-8(7(6)2)9(10)11;;;/h3*3-5H,1-2H3,(H,10,11);;;/q;;;3*+1/p-3. The summed E-state index contributed by atoms with van der Waals surface area (Å²) in [7, 11) is 0. The molecule has 0 N–H and O–H groups in total. The fraction of sp³-hybridized carbons (Fsp3) is 0.222. The molecule has 0 saturated heterocycles. The van der Waals surface area contributed by atoms with Gasteiger partial charge in [0.1, 0.15) is 0 Å². The molecule has 174 valence electrons. The Morgan fingerprint density at radius 3 is 0.778 bits per heavy atom. The van der Waals surface area contributed by atoms with Crippen molar-refractivity contribution in [3.05, 3.63) is 105 Å². The molecule has 3 rings (SSSR count). The van der Waals surface area contributed by atoms with Crippen molar-refractivity contribution < 1.29 is 118 Å². The van der Waals surface area contributed by atoms with E-state index in [9.17, 15) is 29.7 Å². The molecule has 0 aliphatic rings. The molecule has 0 spiro atoms. The summed E-state index contributed by atoms with van der Waals surface area (Å²) in [4.78, 5) is 31.4. The molecule has 3 aromatic carbocycles. The summed E-state index contributed by atoms with van der Waals surface area (Å²) >= 11 is 0. The Morgan fingerprint density at radius 2 is 0.639 bits per heavy atom. The first-order valence-corrected chi connectivity index (χ1v) is 10.2. The second-order valence-corrected chi connectivity index (χ2v) is 7.60. The summed E-state index contributed by atoms with van der Waals surface area (Å²) in [5, 5.41) is 31.4. The molecule has 0 bridgehead atoms. The van der Waals surface area contributed by atoms with E-state index < -0.39 is 17.9 Å². The van der Waals surface area contributed by atoms with Crippen molar-refractivity contribution >= 4 is 17.9 Å². The number of carboxylic acids is 3. The average molecular weight is 516 g/mol. The van der Waals surface area contributed by atoms with Gasteiger partial charge in [-0.2, -0.15) is 0 Å². The van der Waals surface area contributed by atoms with Gasteiger partial charge < -0.3 is 29.7 Å². The molecule has 0 aliphatic heterocycles. The van der Waals surface area contributed by atoms with Crippen molar-refractivity contribution in [2.75, 3.05) is 0 Å². The van der Waals surface area contributed by atoms with Gasteiger partial charge in [0.15, 0.2) is 0 Å². The number of aromatic carboxylic acids is 3. The molecule has 0 aliphatic carbocycles. The Morgan fingerprint density at radius 1 is 0.444 bits per heavy atom. The van der Waals surface area contributed by atoms with Crippen LogP contribution in [0.1, 0.15) is 64.5 Å². The number of carboxylic acid groups (broad SMARTS) is 3. The first kappa shape index (κ1) is 39.6. The van der Waals surface area contributed by atoms with Crippen LogP contribution in [0.2, 0.25) is 0 Å². The normalized spacial score (nSPS) is 8.83. The molecule has 9 heteroatoms. The summed E-state index contributed by atoms with van der Waals surface area (Å²) in [5.41, 5.74) is 6.14. The number of hydrogen-bond acceptors (Lipinski definition) is 6. The van der Waals surface area contributed by atoms with E-state index in [0.29, 0.717) is 0 Å². The fourth-order valence-electron chi connectivity index (χ4n) is 2.92. The summed E-state index contributed by atoms with van der Waals surface area (Å²) in [6.45, 7) is 11.0. The monoisotopic (exact) mass is 516 g/mol. The molecule has 0 aromatic heterocycles. The first-order valence-electron chi connectivity index (χ1n) is 10.2. The van der Waals surface area contributed by atoms with Gasteiger partial charge >= 0.3 is 88.7 Å². The molecule has 0 heterocycles. The van der Waals surface area contributed by atoms with Gasteiger partial charge in [-0.15, -0.1) is 0 Å². The maximum atomic E-state index is 10.5. The van der Waals surface area contributed by atoms with Crippen molar-refractivity contribution in [2.24, 2.45) is 0 Å². The van der Waals surface area contributed by atoms with Crippen LogP contribution in [0.3, 0.4) is 0 Å². The van der Waals surface area contributed by atoms with Crippen molar-refractivity contribution in [3.8, 4) is 0 Å². The van der Waals surface area contributed by atoms with Gasteiger partial charge in [0, 0.05) is 16.7 Å². The zero-order valence-corrected chi connectivity index (χ0v) is 28.6. The third-order valence-corrected chi connectivity index (χ3v) is 5.47. The van der Waals surface area contributed by atoms with Crippen LogP contribution in [0.25, 0.3) is 0 Å². The largest absolute Gasteiger partial charge is 1.00 e. The van der Waals surface area contributed by atoms with Crippen LogP contribution in [-0.2, 0) is 0 Å². The van der Waals surface area contributed by atoms with E-state index in [1.54, 1.807) is 57.2 Å². The predicted octanol–water partition coefficient (Wildman–Crippen LogP) is -6.99. The van der Waals surface area contributed by atoms with Crippen LogP contribution in [0.4, 0.5) is 0 Å². The summed E-state index contributed by atoms with van der Waals surface area (Å²) in [6, 6.07) is 15.4. The van der Waals surface area contributed by atoms with Gasteiger partial charge in [-0.05, 0) is 74.9 Å². The van der Waals surface area contributed by atoms with Gasteiger partial charge in [0.05, 0.1) is 17.9 Å². The van der Waals surface area contributed by atoms with Crippen LogP contribution in [0, 0.1) is 41.5 Å². The van der Waals surface area contributed by atoms with Crippen LogP contribution < -0.4 is 104 Å². The number of rotatable bonds is 3. The summed E-state index contributed by atoms with van der Waals surface area (Å²) < 4.78 is 0. The van der Waals surface area contributed by atoms with Crippen LogP contribution >= 0.6 is 0 Å². The van der Waals surface area contributed by atoms with Gasteiger partial charge in [-0.1, -0.05) is 54.6 Å². The Kier molecular flexibility index (Phi) is 21.1. The molecule has 0 saturated carbocycles. The molecule has 3 aromatic rings. The van der Waals surface area contributed by atoms with Gasteiger partial charge in [0.2, 0.25) is 0 Å². The van der Waals surface area contributed by atoms with E-state index in [1.807, 2.05) is 39.0 Å². The van der Waals surface area contributed by atoms with Crippen molar-refractivity contribution in [3.63, 3.8) is 0 Å². The number of aryl methyl sites for hydroxylation is 3. The molecule has 0 unspecified atom stereocenters.